The molecule has 0 unspecified atom stereocenters. The van der Waals surface area contributed by atoms with E-state index in [0.717, 1.165) is 11.1 Å². The van der Waals surface area contributed by atoms with Crippen molar-refractivity contribution >= 4 is 17.3 Å². The molecule has 3 aromatic rings. The Balaban J connectivity index is 1.79. The lowest BCUT2D eigenvalue weighted by Crippen LogP contribution is -2.12. The highest BCUT2D eigenvalue weighted by Crippen LogP contribution is 2.28. The summed E-state index contributed by atoms with van der Waals surface area (Å²) >= 11 is 0. The van der Waals surface area contributed by atoms with Gasteiger partial charge >= 0.3 is 0 Å². The van der Waals surface area contributed by atoms with Crippen molar-refractivity contribution in [3.8, 4) is 11.3 Å². The molecule has 0 fully saturated rings. The van der Waals surface area contributed by atoms with Crippen molar-refractivity contribution in [3.63, 3.8) is 0 Å². The van der Waals surface area contributed by atoms with Crippen molar-refractivity contribution in [3.05, 3.63) is 81.1 Å². The van der Waals surface area contributed by atoms with E-state index in [4.69, 9.17) is 9.52 Å². The van der Waals surface area contributed by atoms with Gasteiger partial charge in [-0.3, -0.25) is 14.9 Å². The Bertz CT molecular complexity index is 1020. The van der Waals surface area contributed by atoms with Gasteiger partial charge < -0.3 is 14.8 Å². The molecule has 7 nitrogen and oxygen atoms in total. The van der Waals surface area contributed by atoms with E-state index in [1.165, 1.54) is 18.2 Å². The molecule has 7 heteroatoms. The molecule has 0 aliphatic carbocycles. The highest BCUT2D eigenvalue weighted by Gasteiger charge is 2.14. The molecule has 0 aliphatic heterocycles. The van der Waals surface area contributed by atoms with Crippen LogP contribution in [0.2, 0.25) is 0 Å². The Kier molecular flexibility index (Phi) is 5.05. The van der Waals surface area contributed by atoms with Crippen molar-refractivity contribution in [2.75, 3.05) is 5.32 Å². The second-order valence-electron chi connectivity index (χ2n) is 6.17. The zero-order valence-electron chi connectivity index (χ0n) is 14.9. The van der Waals surface area contributed by atoms with Crippen LogP contribution in [-0.4, -0.2) is 15.9 Å². The van der Waals surface area contributed by atoms with Crippen molar-refractivity contribution in [1.82, 2.24) is 0 Å². The number of nitrogens with zero attached hydrogens (tertiary/aromatic N) is 1. The average molecular weight is 366 g/mol. The van der Waals surface area contributed by atoms with Gasteiger partial charge in [0.05, 0.1) is 4.92 Å². The summed E-state index contributed by atoms with van der Waals surface area (Å²) < 4.78 is 5.54. The van der Waals surface area contributed by atoms with E-state index in [0.29, 0.717) is 28.3 Å². The van der Waals surface area contributed by atoms with Crippen molar-refractivity contribution in [1.29, 1.82) is 0 Å². The lowest BCUT2D eigenvalue weighted by molar-refractivity contribution is -0.385. The molecule has 0 aliphatic rings. The van der Waals surface area contributed by atoms with Crippen LogP contribution in [0.4, 0.5) is 11.4 Å². The number of anilines is 1. The van der Waals surface area contributed by atoms with E-state index in [9.17, 15) is 14.9 Å². The van der Waals surface area contributed by atoms with Crippen LogP contribution < -0.4 is 5.32 Å². The maximum absolute atomic E-state index is 12.4. The largest absolute Gasteiger partial charge is 0.459 e. The van der Waals surface area contributed by atoms with Gasteiger partial charge in [0.25, 0.3) is 11.6 Å². The second kappa shape index (κ2) is 7.43. The number of aliphatic hydroxyl groups is 1. The van der Waals surface area contributed by atoms with Crippen LogP contribution in [0.25, 0.3) is 11.3 Å². The standard InChI is InChI=1S/C20H18N2O5/c1-12-10-15(4-6-17(12)19-8-5-16(11-23)27-19)21-20(24)14-3-7-18(22(25)26)13(2)9-14/h3-10,23H,11H2,1-2H3,(H,21,24). The van der Waals surface area contributed by atoms with Gasteiger partial charge in [-0.2, -0.15) is 0 Å². The van der Waals surface area contributed by atoms with Crippen molar-refractivity contribution in [2.24, 2.45) is 0 Å². The van der Waals surface area contributed by atoms with E-state index >= 15 is 0 Å². The monoisotopic (exact) mass is 366 g/mol. The number of carbonyl (C=O) groups excluding carboxylic acids is 1. The third kappa shape index (κ3) is 3.88. The van der Waals surface area contributed by atoms with E-state index in [1.807, 2.05) is 19.1 Å². The number of rotatable bonds is 5. The first kappa shape index (κ1) is 18.3. The number of nitrogens with one attached hydrogen (secondary N) is 1. The fourth-order valence-corrected chi connectivity index (χ4v) is 2.83. The smallest absolute Gasteiger partial charge is 0.272 e. The zero-order chi connectivity index (χ0) is 19.6. The SMILES string of the molecule is Cc1cc(NC(=O)c2ccc([N+](=O)[O-])c(C)c2)ccc1-c1ccc(CO)o1. The lowest BCUT2D eigenvalue weighted by atomic mass is 10.1. The quantitative estimate of drug-likeness (QED) is 0.519. The summed E-state index contributed by atoms with van der Waals surface area (Å²) in [4.78, 5) is 22.8. The molecule has 1 aromatic heterocycles. The maximum atomic E-state index is 12.4. The number of carbonyl (C=O) groups is 1. The van der Waals surface area contributed by atoms with E-state index in [-0.39, 0.29) is 18.2 Å². The minimum absolute atomic E-state index is 0.0209. The fourth-order valence-electron chi connectivity index (χ4n) is 2.83. The molecule has 138 valence electrons. The number of amides is 1. The summed E-state index contributed by atoms with van der Waals surface area (Å²) in [6.07, 6.45) is 0. The third-order valence-electron chi connectivity index (χ3n) is 4.22. The van der Waals surface area contributed by atoms with Crippen LogP contribution in [-0.2, 0) is 6.61 Å². The van der Waals surface area contributed by atoms with Gasteiger partial charge in [-0.05, 0) is 61.9 Å². The predicted octanol–water partition coefficient (Wildman–Crippen LogP) is 4.22. The van der Waals surface area contributed by atoms with Gasteiger partial charge in [-0.1, -0.05) is 0 Å². The molecule has 0 saturated heterocycles. The van der Waals surface area contributed by atoms with E-state index < -0.39 is 4.92 Å². The van der Waals surface area contributed by atoms with Gasteiger partial charge in [0.1, 0.15) is 18.1 Å². The van der Waals surface area contributed by atoms with Crippen LogP contribution >= 0.6 is 0 Å². The van der Waals surface area contributed by atoms with Gasteiger partial charge in [-0.15, -0.1) is 0 Å². The Labute approximate surface area is 155 Å². The first-order chi connectivity index (χ1) is 12.9. The second-order valence-corrected chi connectivity index (χ2v) is 6.17. The van der Waals surface area contributed by atoms with Gasteiger partial charge in [0, 0.05) is 28.4 Å². The zero-order valence-corrected chi connectivity index (χ0v) is 14.9. The molecule has 2 N–H and O–H groups in total. The Morgan fingerprint density at radius 3 is 2.48 bits per heavy atom. The number of benzene rings is 2. The maximum Gasteiger partial charge on any atom is 0.272 e. The molecule has 0 spiro atoms. The summed E-state index contributed by atoms with van der Waals surface area (Å²) in [5, 5.41) is 22.8. The molecular formula is C20H18N2O5. The molecule has 0 bridgehead atoms. The Hall–Kier alpha value is -3.45. The summed E-state index contributed by atoms with van der Waals surface area (Å²) in [7, 11) is 0. The third-order valence-corrected chi connectivity index (χ3v) is 4.22. The molecule has 0 radical (unpaired) electrons. The molecule has 0 saturated carbocycles. The van der Waals surface area contributed by atoms with Crippen LogP contribution in [0.1, 0.15) is 27.2 Å². The molecule has 3 rings (SSSR count). The number of aryl methyl sites for hydroxylation is 2. The van der Waals surface area contributed by atoms with Gasteiger partial charge in [0.15, 0.2) is 0 Å². The van der Waals surface area contributed by atoms with E-state index in [1.54, 1.807) is 25.1 Å². The molecule has 27 heavy (non-hydrogen) atoms. The normalized spacial score (nSPS) is 10.6. The number of nitro benzene ring substituents is 1. The number of nitro groups is 1. The van der Waals surface area contributed by atoms with Gasteiger partial charge in [0.2, 0.25) is 0 Å². The number of hydrogen-bond acceptors (Lipinski definition) is 5. The Morgan fingerprint density at radius 1 is 1.11 bits per heavy atom. The minimum atomic E-state index is -0.476. The van der Waals surface area contributed by atoms with Crippen molar-refractivity contribution < 1.29 is 19.2 Å². The molecule has 1 amide bonds. The van der Waals surface area contributed by atoms with Crippen LogP contribution in [0.5, 0.6) is 0 Å². The molecule has 1 heterocycles. The first-order valence-electron chi connectivity index (χ1n) is 8.26. The highest BCUT2D eigenvalue weighted by atomic mass is 16.6. The number of hydrogen-bond donors (Lipinski definition) is 2. The predicted molar refractivity (Wildman–Crippen MR) is 101 cm³/mol. The Morgan fingerprint density at radius 2 is 1.89 bits per heavy atom. The number of aliphatic hydroxyl groups excluding tert-OH is 1. The summed E-state index contributed by atoms with van der Waals surface area (Å²) in [5.74, 6) is 0.774. The first-order valence-corrected chi connectivity index (χ1v) is 8.26. The topological polar surface area (TPSA) is 106 Å². The summed E-state index contributed by atoms with van der Waals surface area (Å²) in [5.41, 5.74) is 3.11. The van der Waals surface area contributed by atoms with Crippen molar-refractivity contribution in [2.45, 2.75) is 20.5 Å². The van der Waals surface area contributed by atoms with Crippen LogP contribution in [0.3, 0.4) is 0 Å². The minimum Gasteiger partial charge on any atom is -0.459 e. The van der Waals surface area contributed by atoms with Crippen LogP contribution in [0.15, 0.2) is 52.9 Å². The average Bonchev–Trinajstić information content (AvgIpc) is 3.10. The van der Waals surface area contributed by atoms with Gasteiger partial charge in [-0.25, -0.2) is 0 Å². The fraction of sp³-hybridized carbons (Fsp3) is 0.150. The van der Waals surface area contributed by atoms with E-state index in [2.05, 4.69) is 5.32 Å². The lowest BCUT2D eigenvalue weighted by Gasteiger charge is -2.09. The summed E-state index contributed by atoms with van der Waals surface area (Å²) in [6, 6.07) is 13.1. The number of furan rings is 1. The van der Waals surface area contributed by atoms with Crippen LogP contribution in [0, 0.1) is 24.0 Å². The highest BCUT2D eigenvalue weighted by molar-refractivity contribution is 6.04. The molecule has 2 aromatic carbocycles. The summed E-state index contributed by atoms with van der Waals surface area (Å²) in [6.45, 7) is 3.32. The molecular weight excluding hydrogens is 348 g/mol. The molecule has 0 atom stereocenters.